The van der Waals surface area contributed by atoms with Gasteiger partial charge >= 0.3 is 0 Å². The van der Waals surface area contributed by atoms with Crippen LogP contribution in [0.25, 0.3) is 0 Å². The Bertz CT molecular complexity index is 464. The Morgan fingerprint density at radius 1 is 1.26 bits per heavy atom. The van der Waals surface area contributed by atoms with Gasteiger partial charge in [-0.2, -0.15) is 0 Å². The first-order chi connectivity index (χ1) is 8.91. The van der Waals surface area contributed by atoms with Crippen molar-refractivity contribution < 1.29 is 4.39 Å². The van der Waals surface area contributed by atoms with E-state index in [9.17, 15) is 4.39 Å². The van der Waals surface area contributed by atoms with Crippen LogP contribution < -0.4 is 5.32 Å². The van der Waals surface area contributed by atoms with Gasteiger partial charge in [0.1, 0.15) is 5.82 Å². The smallest absolute Gasteiger partial charge is 0.142 e. The lowest BCUT2D eigenvalue weighted by atomic mass is 9.96. The summed E-state index contributed by atoms with van der Waals surface area (Å²) in [6, 6.07) is 3.27. The van der Waals surface area contributed by atoms with Crippen molar-refractivity contribution >= 4 is 23.2 Å². The Balaban J connectivity index is 2.17. The zero-order valence-corrected chi connectivity index (χ0v) is 13.0. The van der Waals surface area contributed by atoms with E-state index in [-0.39, 0.29) is 11.1 Å². The summed E-state index contributed by atoms with van der Waals surface area (Å²) in [7, 11) is 0. The molecule has 1 saturated carbocycles. The maximum Gasteiger partial charge on any atom is 0.142 e. The third-order valence-corrected chi connectivity index (χ3v) is 5.16. The fourth-order valence-electron chi connectivity index (χ4n) is 2.94. The molecule has 0 heterocycles. The lowest BCUT2D eigenvalue weighted by Crippen LogP contribution is -2.34. The molecule has 1 aliphatic carbocycles. The van der Waals surface area contributed by atoms with Gasteiger partial charge in [0.25, 0.3) is 0 Å². The highest BCUT2D eigenvalue weighted by Crippen LogP contribution is 2.36. The summed E-state index contributed by atoms with van der Waals surface area (Å²) >= 11 is 12.2. The average molecular weight is 304 g/mol. The molecule has 4 unspecified atom stereocenters. The molecule has 1 fully saturated rings. The van der Waals surface area contributed by atoms with Gasteiger partial charge < -0.3 is 5.32 Å². The third-order valence-electron chi connectivity index (χ3n) is 4.44. The summed E-state index contributed by atoms with van der Waals surface area (Å²) in [6.07, 6.45) is 2.38. The minimum Gasteiger partial charge on any atom is -0.307 e. The molecule has 106 valence electrons. The van der Waals surface area contributed by atoms with Crippen LogP contribution in [0.4, 0.5) is 4.39 Å². The van der Waals surface area contributed by atoms with E-state index in [1.807, 2.05) is 6.92 Å². The monoisotopic (exact) mass is 303 g/mol. The van der Waals surface area contributed by atoms with Gasteiger partial charge in [0.2, 0.25) is 0 Å². The number of halogens is 3. The molecule has 1 aliphatic rings. The van der Waals surface area contributed by atoms with Gasteiger partial charge in [-0.1, -0.05) is 37.0 Å². The van der Waals surface area contributed by atoms with E-state index in [0.717, 1.165) is 12.3 Å². The molecule has 1 aromatic rings. The molecule has 0 saturated heterocycles. The van der Waals surface area contributed by atoms with Crippen molar-refractivity contribution in [3.8, 4) is 0 Å². The summed E-state index contributed by atoms with van der Waals surface area (Å²) in [5.41, 5.74) is 0.662. The van der Waals surface area contributed by atoms with Gasteiger partial charge in [-0.25, -0.2) is 4.39 Å². The van der Waals surface area contributed by atoms with Crippen LogP contribution in [0.1, 0.15) is 45.2 Å². The SMILES string of the molecule is CC(NC1CCC(C)C1C)c1c(Cl)ccc(F)c1Cl. The normalized spacial score (nSPS) is 28.6. The van der Waals surface area contributed by atoms with Crippen LogP contribution in [-0.4, -0.2) is 6.04 Å². The standard InChI is InChI=1S/C15H20Cl2FN/c1-8-4-7-13(9(8)2)19-10(3)14-11(16)5-6-12(18)15(14)17/h5-6,8-10,13,19H,4,7H2,1-3H3. The number of rotatable bonds is 3. The summed E-state index contributed by atoms with van der Waals surface area (Å²) < 4.78 is 13.6. The Morgan fingerprint density at radius 2 is 1.95 bits per heavy atom. The van der Waals surface area contributed by atoms with Crippen molar-refractivity contribution in [2.75, 3.05) is 0 Å². The largest absolute Gasteiger partial charge is 0.307 e. The van der Waals surface area contributed by atoms with E-state index >= 15 is 0 Å². The van der Waals surface area contributed by atoms with Crippen LogP contribution in [0.2, 0.25) is 10.0 Å². The van der Waals surface area contributed by atoms with Gasteiger partial charge in [0.15, 0.2) is 0 Å². The number of nitrogens with one attached hydrogen (secondary N) is 1. The first kappa shape index (κ1) is 15.1. The zero-order valence-electron chi connectivity index (χ0n) is 11.5. The zero-order chi connectivity index (χ0) is 14.2. The first-order valence-electron chi connectivity index (χ1n) is 6.81. The molecule has 0 aromatic heterocycles. The molecule has 1 nitrogen and oxygen atoms in total. The number of hydrogen-bond acceptors (Lipinski definition) is 1. The highest BCUT2D eigenvalue weighted by Gasteiger charge is 2.31. The lowest BCUT2D eigenvalue weighted by molar-refractivity contribution is 0.347. The third kappa shape index (κ3) is 3.07. The predicted octanol–water partition coefficient (Wildman–Crippen LogP) is 5.22. The summed E-state index contributed by atoms with van der Waals surface area (Å²) in [4.78, 5) is 0. The number of benzene rings is 1. The summed E-state index contributed by atoms with van der Waals surface area (Å²) in [6.45, 7) is 6.53. The highest BCUT2D eigenvalue weighted by molar-refractivity contribution is 6.36. The van der Waals surface area contributed by atoms with Gasteiger partial charge in [-0.05, 0) is 43.7 Å². The molecule has 1 N–H and O–H groups in total. The molecule has 2 rings (SSSR count). The van der Waals surface area contributed by atoms with Gasteiger partial charge in [0, 0.05) is 22.7 Å². The lowest BCUT2D eigenvalue weighted by Gasteiger charge is -2.25. The maximum absolute atomic E-state index is 13.6. The summed E-state index contributed by atoms with van der Waals surface area (Å²) in [5, 5.41) is 4.20. The molecular formula is C15H20Cl2FN. The fourth-order valence-corrected chi connectivity index (χ4v) is 3.64. The second kappa shape index (κ2) is 5.99. The molecule has 1 aromatic carbocycles. The first-order valence-corrected chi connectivity index (χ1v) is 7.56. The van der Waals surface area contributed by atoms with E-state index in [2.05, 4.69) is 19.2 Å². The van der Waals surface area contributed by atoms with E-state index in [4.69, 9.17) is 23.2 Å². The second-order valence-electron chi connectivity index (χ2n) is 5.67. The summed E-state index contributed by atoms with van der Waals surface area (Å²) in [5.74, 6) is 0.930. The highest BCUT2D eigenvalue weighted by atomic mass is 35.5. The molecule has 4 heteroatoms. The molecule has 4 atom stereocenters. The van der Waals surface area contributed by atoms with Crippen LogP contribution in [0.5, 0.6) is 0 Å². The molecular weight excluding hydrogens is 284 g/mol. The van der Waals surface area contributed by atoms with Crippen molar-refractivity contribution in [3.63, 3.8) is 0 Å². The molecule has 0 bridgehead atoms. The Morgan fingerprint density at radius 3 is 2.53 bits per heavy atom. The topological polar surface area (TPSA) is 12.0 Å². The molecule has 0 amide bonds. The molecule has 19 heavy (non-hydrogen) atoms. The number of hydrogen-bond donors (Lipinski definition) is 1. The van der Waals surface area contributed by atoms with E-state index in [1.54, 1.807) is 6.07 Å². The molecule has 0 radical (unpaired) electrons. The Labute approximate surface area is 124 Å². The predicted molar refractivity (Wildman–Crippen MR) is 79.3 cm³/mol. The van der Waals surface area contributed by atoms with E-state index in [0.29, 0.717) is 22.5 Å². The second-order valence-corrected chi connectivity index (χ2v) is 6.45. The average Bonchev–Trinajstić information content (AvgIpc) is 2.66. The molecule has 0 aliphatic heterocycles. The Hall–Kier alpha value is -0.310. The van der Waals surface area contributed by atoms with Gasteiger partial charge in [-0.3, -0.25) is 0 Å². The van der Waals surface area contributed by atoms with Crippen LogP contribution >= 0.6 is 23.2 Å². The van der Waals surface area contributed by atoms with Crippen molar-refractivity contribution in [1.29, 1.82) is 0 Å². The van der Waals surface area contributed by atoms with Crippen molar-refractivity contribution in [2.45, 2.75) is 45.7 Å². The quantitative estimate of drug-likeness (QED) is 0.755. The molecule has 0 spiro atoms. The van der Waals surface area contributed by atoms with E-state index < -0.39 is 5.82 Å². The van der Waals surface area contributed by atoms with Crippen molar-refractivity contribution in [3.05, 3.63) is 33.6 Å². The van der Waals surface area contributed by atoms with E-state index in [1.165, 1.54) is 12.5 Å². The minimum atomic E-state index is -0.414. The van der Waals surface area contributed by atoms with Crippen molar-refractivity contribution in [2.24, 2.45) is 11.8 Å². The van der Waals surface area contributed by atoms with Gasteiger partial charge in [0.05, 0.1) is 5.02 Å². The van der Waals surface area contributed by atoms with Crippen LogP contribution in [0, 0.1) is 17.7 Å². The van der Waals surface area contributed by atoms with Crippen molar-refractivity contribution in [1.82, 2.24) is 5.32 Å². The maximum atomic E-state index is 13.6. The van der Waals surface area contributed by atoms with Crippen LogP contribution in [0.15, 0.2) is 12.1 Å². The fraction of sp³-hybridized carbons (Fsp3) is 0.600. The van der Waals surface area contributed by atoms with Crippen LogP contribution in [-0.2, 0) is 0 Å². The minimum absolute atomic E-state index is 0.0477. The van der Waals surface area contributed by atoms with Gasteiger partial charge in [-0.15, -0.1) is 0 Å². The van der Waals surface area contributed by atoms with Crippen LogP contribution in [0.3, 0.4) is 0 Å². The Kier molecular flexibility index (Phi) is 4.75.